The van der Waals surface area contributed by atoms with Crippen molar-refractivity contribution in [2.75, 3.05) is 44.3 Å². The van der Waals surface area contributed by atoms with Crippen LogP contribution in [0, 0.1) is 5.92 Å². The summed E-state index contributed by atoms with van der Waals surface area (Å²) in [7, 11) is 0. The summed E-state index contributed by atoms with van der Waals surface area (Å²) in [6.07, 6.45) is 2.56. The van der Waals surface area contributed by atoms with Gasteiger partial charge in [-0.05, 0) is 44.0 Å². The molecule has 2 aliphatic rings. The second-order valence-corrected chi connectivity index (χ2v) is 5.57. The van der Waals surface area contributed by atoms with Gasteiger partial charge in [-0.25, -0.2) is 0 Å². The number of benzene rings is 1. The molecule has 2 aliphatic heterocycles. The maximum absolute atomic E-state index is 5.67. The van der Waals surface area contributed by atoms with Crippen LogP contribution in [-0.2, 0) is 0 Å². The molecule has 0 radical (unpaired) electrons. The Kier molecular flexibility index (Phi) is 4.31. The quantitative estimate of drug-likeness (QED) is 0.837. The van der Waals surface area contributed by atoms with E-state index in [1.807, 2.05) is 6.07 Å². The van der Waals surface area contributed by atoms with Gasteiger partial charge in [-0.3, -0.25) is 0 Å². The Labute approximate surface area is 121 Å². The Hall–Kier alpha value is -1.42. The molecule has 0 amide bonds. The Morgan fingerprint density at radius 2 is 2.10 bits per heavy atom. The van der Waals surface area contributed by atoms with Gasteiger partial charge in [0.15, 0.2) is 11.5 Å². The number of nitrogens with zero attached hydrogens (tertiary/aromatic N) is 1. The Balaban J connectivity index is 1.60. The van der Waals surface area contributed by atoms with Crippen LogP contribution >= 0.6 is 0 Å². The van der Waals surface area contributed by atoms with E-state index in [9.17, 15) is 0 Å². The molecule has 110 valence electrons. The normalized spacial score (nSPS) is 21.2. The molecule has 1 aromatic rings. The van der Waals surface area contributed by atoms with E-state index in [1.54, 1.807) is 0 Å². The summed E-state index contributed by atoms with van der Waals surface area (Å²) in [4.78, 5) is 2.47. The first kappa shape index (κ1) is 13.6. The molecule has 3 rings (SSSR count). The van der Waals surface area contributed by atoms with Crippen molar-refractivity contribution in [3.8, 4) is 11.5 Å². The minimum atomic E-state index is 0.655. The van der Waals surface area contributed by atoms with Gasteiger partial charge < -0.3 is 19.7 Å². The second-order valence-electron chi connectivity index (χ2n) is 5.57. The second kappa shape index (κ2) is 6.35. The number of hydrogen-bond acceptors (Lipinski definition) is 4. The third-order valence-corrected chi connectivity index (χ3v) is 4.16. The number of rotatable bonds is 5. The van der Waals surface area contributed by atoms with Gasteiger partial charge in [0.25, 0.3) is 0 Å². The molecular weight excluding hydrogens is 252 g/mol. The third-order valence-electron chi connectivity index (χ3n) is 4.16. The van der Waals surface area contributed by atoms with Crippen LogP contribution in [0.5, 0.6) is 11.5 Å². The highest BCUT2D eigenvalue weighted by Crippen LogP contribution is 2.35. The zero-order valence-electron chi connectivity index (χ0n) is 12.2. The van der Waals surface area contributed by atoms with Crippen LogP contribution in [0.15, 0.2) is 18.2 Å². The van der Waals surface area contributed by atoms with Crippen molar-refractivity contribution in [2.45, 2.75) is 19.8 Å². The number of anilines is 1. The van der Waals surface area contributed by atoms with Crippen LogP contribution in [0.4, 0.5) is 5.69 Å². The lowest BCUT2D eigenvalue weighted by Crippen LogP contribution is -2.22. The molecule has 4 heteroatoms. The maximum Gasteiger partial charge on any atom is 0.163 e. The van der Waals surface area contributed by atoms with E-state index >= 15 is 0 Å². The van der Waals surface area contributed by atoms with Gasteiger partial charge in [-0.1, -0.05) is 6.92 Å². The van der Waals surface area contributed by atoms with E-state index in [0.717, 1.165) is 43.6 Å². The summed E-state index contributed by atoms with van der Waals surface area (Å²) in [5.41, 5.74) is 1.26. The number of ether oxygens (including phenoxy) is 2. The van der Waals surface area contributed by atoms with Crippen molar-refractivity contribution in [1.82, 2.24) is 5.32 Å². The highest BCUT2D eigenvalue weighted by Gasteiger charge is 2.23. The summed E-state index contributed by atoms with van der Waals surface area (Å²) >= 11 is 0. The molecule has 0 aliphatic carbocycles. The molecule has 1 saturated heterocycles. The van der Waals surface area contributed by atoms with Crippen LogP contribution in [0.3, 0.4) is 0 Å². The van der Waals surface area contributed by atoms with Gasteiger partial charge in [0, 0.05) is 24.8 Å². The smallest absolute Gasteiger partial charge is 0.163 e. The first-order valence-corrected chi connectivity index (χ1v) is 7.72. The van der Waals surface area contributed by atoms with Crippen LogP contribution in [0.1, 0.15) is 19.8 Å². The summed E-state index contributed by atoms with van der Waals surface area (Å²) in [6.45, 7) is 7.98. The first-order chi connectivity index (χ1) is 9.86. The average Bonchev–Trinajstić information content (AvgIpc) is 2.96. The Morgan fingerprint density at radius 1 is 1.25 bits per heavy atom. The van der Waals surface area contributed by atoms with Crippen molar-refractivity contribution < 1.29 is 9.47 Å². The molecule has 0 spiro atoms. The van der Waals surface area contributed by atoms with Gasteiger partial charge in [-0.15, -0.1) is 0 Å². The van der Waals surface area contributed by atoms with E-state index in [2.05, 4.69) is 29.3 Å². The molecule has 2 heterocycles. The fraction of sp³-hybridized carbons (Fsp3) is 0.625. The lowest BCUT2D eigenvalue weighted by molar-refractivity contribution is 0.171. The molecule has 1 atom stereocenters. The van der Waals surface area contributed by atoms with Crippen molar-refractivity contribution in [1.29, 1.82) is 0 Å². The summed E-state index contributed by atoms with van der Waals surface area (Å²) < 4.78 is 11.2. The average molecular weight is 276 g/mol. The number of nitrogens with one attached hydrogen (secondary N) is 1. The van der Waals surface area contributed by atoms with E-state index in [-0.39, 0.29) is 0 Å². The van der Waals surface area contributed by atoms with Crippen LogP contribution in [-0.4, -0.2) is 39.4 Å². The molecule has 0 saturated carbocycles. The van der Waals surface area contributed by atoms with Crippen molar-refractivity contribution >= 4 is 5.69 Å². The fourth-order valence-electron chi connectivity index (χ4n) is 3.01. The Bertz CT molecular complexity index is 450. The zero-order chi connectivity index (χ0) is 13.8. The lowest BCUT2D eigenvalue weighted by Gasteiger charge is -2.23. The van der Waals surface area contributed by atoms with Crippen molar-refractivity contribution in [2.24, 2.45) is 5.92 Å². The van der Waals surface area contributed by atoms with Gasteiger partial charge >= 0.3 is 0 Å². The molecule has 0 bridgehead atoms. The van der Waals surface area contributed by atoms with Gasteiger partial charge in [0.1, 0.15) is 13.2 Å². The van der Waals surface area contributed by atoms with Crippen LogP contribution in [0.25, 0.3) is 0 Å². The zero-order valence-corrected chi connectivity index (χ0v) is 12.2. The molecule has 4 nitrogen and oxygen atoms in total. The first-order valence-electron chi connectivity index (χ1n) is 7.72. The van der Waals surface area contributed by atoms with E-state index < -0.39 is 0 Å². The highest BCUT2D eigenvalue weighted by molar-refractivity contribution is 5.57. The molecule has 1 fully saturated rings. The summed E-state index contributed by atoms with van der Waals surface area (Å²) in [5.74, 6) is 2.58. The molecule has 1 N–H and O–H groups in total. The maximum atomic E-state index is 5.67. The highest BCUT2D eigenvalue weighted by atomic mass is 16.6. The Morgan fingerprint density at radius 3 is 2.95 bits per heavy atom. The minimum absolute atomic E-state index is 0.655. The van der Waals surface area contributed by atoms with Crippen molar-refractivity contribution in [3.63, 3.8) is 0 Å². The predicted octanol–water partition coefficient (Wildman–Crippen LogP) is 2.28. The van der Waals surface area contributed by atoms with E-state index in [4.69, 9.17) is 9.47 Å². The topological polar surface area (TPSA) is 33.7 Å². The monoisotopic (exact) mass is 276 g/mol. The summed E-state index contributed by atoms with van der Waals surface area (Å²) in [5, 5.41) is 3.42. The van der Waals surface area contributed by atoms with E-state index in [1.165, 1.54) is 18.5 Å². The molecule has 20 heavy (non-hydrogen) atoms. The molecular formula is C16H24N2O2. The molecule has 1 unspecified atom stereocenters. The fourth-order valence-corrected chi connectivity index (χ4v) is 3.01. The number of hydrogen-bond donors (Lipinski definition) is 1. The van der Waals surface area contributed by atoms with Crippen LogP contribution in [0.2, 0.25) is 0 Å². The van der Waals surface area contributed by atoms with E-state index in [0.29, 0.717) is 13.2 Å². The van der Waals surface area contributed by atoms with Gasteiger partial charge in [0.2, 0.25) is 0 Å². The minimum Gasteiger partial charge on any atom is -0.486 e. The van der Waals surface area contributed by atoms with Crippen LogP contribution < -0.4 is 19.7 Å². The number of fused-ring (bicyclic) bond motifs is 1. The molecule has 0 aromatic heterocycles. The SMILES string of the molecule is CCNCCC1CCN(c2ccc3c(c2)OCCO3)C1. The van der Waals surface area contributed by atoms with Gasteiger partial charge in [-0.2, -0.15) is 0 Å². The predicted molar refractivity (Wildman–Crippen MR) is 80.9 cm³/mol. The summed E-state index contributed by atoms with van der Waals surface area (Å²) in [6, 6.07) is 6.32. The lowest BCUT2D eigenvalue weighted by atomic mass is 10.1. The van der Waals surface area contributed by atoms with Gasteiger partial charge in [0.05, 0.1) is 0 Å². The standard InChI is InChI=1S/C16H24N2O2/c1-2-17-7-5-13-6-8-18(12-13)14-3-4-15-16(11-14)20-10-9-19-15/h3-4,11,13,17H,2,5-10,12H2,1H3. The largest absolute Gasteiger partial charge is 0.486 e. The van der Waals surface area contributed by atoms with Crippen molar-refractivity contribution in [3.05, 3.63) is 18.2 Å². The molecule has 1 aromatic carbocycles. The third kappa shape index (κ3) is 3.01.